The number of benzene rings is 1. The minimum absolute atomic E-state index is 0.257. The van der Waals surface area contributed by atoms with E-state index < -0.39 is 0 Å². The molecule has 2 aliphatic rings. The van der Waals surface area contributed by atoms with Crippen LogP contribution in [-0.4, -0.2) is 11.0 Å². The van der Waals surface area contributed by atoms with E-state index in [0.29, 0.717) is 17.6 Å². The first-order valence-electron chi connectivity index (χ1n) is 6.12. The number of hydrogen-bond donors (Lipinski definition) is 0. The second-order valence-electron chi connectivity index (χ2n) is 4.81. The average Bonchev–Trinajstić information content (AvgIpc) is 2.37. The highest BCUT2D eigenvalue weighted by Crippen LogP contribution is 2.49. The number of thioether (sulfide) groups is 1. The lowest BCUT2D eigenvalue weighted by atomic mass is 9.64. The Labute approximate surface area is 101 Å². The molecule has 16 heavy (non-hydrogen) atoms. The Kier molecular flexibility index (Phi) is 2.76. The van der Waals surface area contributed by atoms with Crippen LogP contribution in [0.4, 0.5) is 0 Å². The number of rotatable bonds is 2. The van der Waals surface area contributed by atoms with Crippen LogP contribution in [-0.2, 0) is 4.79 Å². The van der Waals surface area contributed by atoms with Crippen molar-refractivity contribution in [1.29, 1.82) is 0 Å². The highest BCUT2D eigenvalue weighted by Gasteiger charge is 2.50. The number of hydrogen-bond acceptors (Lipinski definition) is 2. The van der Waals surface area contributed by atoms with Gasteiger partial charge in [-0.15, -0.1) is 11.8 Å². The largest absolute Gasteiger partial charge is 0.298 e. The summed E-state index contributed by atoms with van der Waals surface area (Å²) >= 11 is 1.77. The number of Topliss-reactive ketones (excluding diaryl/α,β-unsaturated/α-hetero) is 1. The van der Waals surface area contributed by atoms with Crippen molar-refractivity contribution in [3.63, 3.8) is 0 Å². The first kappa shape index (κ1) is 10.4. The lowest BCUT2D eigenvalue weighted by molar-refractivity contribution is -0.135. The average molecular weight is 232 g/mol. The summed E-state index contributed by atoms with van der Waals surface area (Å²) in [5, 5.41) is 0.257. The monoisotopic (exact) mass is 232 g/mol. The number of carbonyl (C=O) groups excluding carboxylic acids is 1. The first-order valence-corrected chi connectivity index (χ1v) is 6.99. The van der Waals surface area contributed by atoms with Crippen molar-refractivity contribution >= 4 is 17.5 Å². The molecule has 0 spiro atoms. The molecule has 0 amide bonds. The van der Waals surface area contributed by atoms with E-state index in [4.69, 9.17) is 0 Å². The van der Waals surface area contributed by atoms with E-state index in [9.17, 15) is 4.79 Å². The Bertz CT molecular complexity index is 387. The number of carbonyl (C=O) groups is 1. The summed E-state index contributed by atoms with van der Waals surface area (Å²) in [6, 6.07) is 10.3. The summed E-state index contributed by atoms with van der Waals surface area (Å²) in [5.41, 5.74) is 0. The van der Waals surface area contributed by atoms with Crippen molar-refractivity contribution in [3.8, 4) is 0 Å². The highest BCUT2D eigenvalue weighted by molar-refractivity contribution is 8.00. The fourth-order valence-corrected chi connectivity index (χ4v) is 4.37. The SMILES string of the molecule is O=C1C2CCCCC2C1Sc1ccccc1. The molecule has 3 rings (SSSR count). The van der Waals surface area contributed by atoms with Crippen molar-refractivity contribution < 1.29 is 4.79 Å². The number of fused-ring (bicyclic) bond motifs is 1. The maximum absolute atomic E-state index is 12.0. The molecule has 0 saturated heterocycles. The van der Waals surface area contributed by atoms with Gasteiger partial charge in [0.2, 0.25) is 0 Å². The van der Waals surface area contributed by atoms with Gasteiger partial charge in [-0.1, -0.05) is 31.0 Å². The molecule has 0 radical (unpaired) electrons. The molecule has 3 atom stereocenters. The Balaban J connectivity index is 1.70. The van der Waals surface area contributed by atoms with Crippen LogP contribution in [0.3, 0.4) is 0 Å². The third-order valence-corrected chi connectivity index (χ3v) is 5.24. The fraction of sp³-hybridized carbons (Fsp3) is 0.500. The van der Waals surface area contributed by atoms with Crippen LogP contribution in [0, 0.1) is 11.8 Å². The molecule has 1 aromatic carbocycles. The van der Waals surface area contributed by atoms with Crippen molar-refractivity contribution in [2.75, 3.05) is 0 Å². The summed E-state index contributed by atoms with van der Waals surface area (Å²) < 4.78 is 0. The minimum Gasteiger partial charge on any atom is -0.298 e. The maximum Gasteiger partial charge on any atom is 0.149 e. The van der Waals surface area contributed by atoms with Gasteiger partial charge in [-0.25, -0.2) is 0 Å². The van der Waals surface area contributed by atoms with Gasteiger partial charge in [-0.3, -0.25) is 4.79 Å². The summed E-state index contributed by atoms with van der Waals surface area (Å²) in [6.07, 6.45) is 4.99. The van der Waals surface area contributed by atoms with E-state index in [1.165, 1.54) is 24.2 Å². The fourth-order valence-electron chi connectivity index (χ4n) is 2.97. The zero-order valence-corrected chi connectivity index (χ0v) is 10.1. The number of ketones is 1. The molecule has 0 heterocycles. The predicted octanol–water partition coefficient (Wildman–Crippen LogP) is 3.54. The molecule has 1 nitrogen and oxygen atoms in total. The Morgan fingerprint density at radius 3 is 2.62 bits per heavy atom. The molecule has 0 aromatic heterocycles. The molecule has 2 fully saturated rings. The minimum atomic E-state index is 0.257. The molecule has 2 heteroatoms. The summed E-state index contributed by atoms with van der Waals surface area (Å²) in [5.74, 6) is 1.60. The Hall–Kier alpha value is -0.760. The van der Waals surface area contributed by atoms with Crippen molar-refractivity contribution in [2.24, 2.45) is 11.8 Å². The smallest absolute Gasteiger partial charge is 0.149 e. The van der Waals surface area contributed by atoms with Gasteiger partial charge in [-0.2, -0.15) is 0 Å². The van der Waals surface area contributed by atoms with Crippen LogP contribution in [0.5, 0.6) is 0 Å². The van der Waals surface area contributed by atoms with Gasteiger partial charge in [0.1, 0.15) is 5.78 Å². The van der Waals surface area contributed by atoms with Gasteiger partial charge in [-0.05, 0) is 30.9 Å². The van der Waals surface area contributed by atoms with Crippen LogP contribution in [0.15, 0.2) is 35.2 Å². The predicted molar refractivity (Wildman–Crippen MR) is 66.5 cm³/mol. The zero-order valence-electron chi connectivity index (χ0n) is 9.26. The van der Waals surface area contributed by atoms with E-state index in [0.717, 1.165) is 6.42 Å². The van der Waals surface area contributed by atoms with Crippen LogP contribution in [0.25, 0.3) is 0 Å². The summed E-state index contributed by atoms with van der Waals surface area (Å²) in [6.45, 7) is 0. The molecule has 2 saturated carbocycles. The van der Waals surface area contributed by atoms with Gasteiger partial charge in [0, 0.05) is 10.8 Å². The molecule has 0 bridgehead atoms. The second kappa shape index (κ2) is 4.25. The zero-order chi connectivity index (χ0) is 11.0. The van der Waals surface area contributed by atoms with Gasteiger partial charge in [0.15, 0.2) is 0 Å². The lowest BCUT2D eigenvalue weighted by Gasteiger charge is -2.45. The molecule has 0 N–H and O–H groups in total. The van der Waals surface area contributed by atoms with E-state index in [-0.39, 0.29) is 5.25 Å². The van der Waals surface area contributed by atoms with E-state index >= 15 is 0 Å². The maximum atomic E-state index is 12.0. The van der Waals surface area contributed by atoms with Gasteiger partial charge < -0.3 is 0 Å². The normalized spacial score (nSPS) is 33.0. The van der Waals surface area contributed by atoms with E-state index in [2.05, 4.69) is 12.1 Å². The quantitative estimate of drug-likeness (QED) is 0.776. The van der Waals surface area contributed by atoms with Gasteiger partial charge in [0.25, 0.3) is 0 Å². The summed E-state index contributed by atoms with van der Waals surface area (Å²) in [4.78, 5) is 13.2. The highest BCUT2D eigenvalue weighted by atomic mass is 32.2. The molecule has 84 valence electrons. The Morgan fingerprint density at radius 1 is 1.06 bits per heavy atom. The third-order valence-electron chi connectivity index (χ3n) is 3.86. The lowest BCUT2D eigenvalue weighted by Crippen LogP contribution is -2.51. The molecule has 2 aliphatic carbocycles. The van der Waals surface area contributed by atoms with E-state index in [1.807, 2.05) is 18.2 Å². The van der Waals surface area contributed by atoms with Crippen LogP contribution in [0.1, 0.15) is 25.7 Å². The van der Waals surface area contributed by atoms with Gasteiger partial charge in [0.05, 0.1) is 5.25 Å². The van der Waals surface area contributed by atoms with Crippen LogP contribution in [0.2, 0.25) is 0 Å². The second-order valence-corrected chi connectivity index (χ2v) is 6.02. The molecule has 1 aromatic rings. The van der Waals surface area contributed by atoms with Crippen molar-refractivity contribution in [2.45, 2.75) is 35.8 Å². The molecule has 3 unspecified atom stereocenters. The van der Waals surface area contributed by atoms with Crippen LogP contribution >= 0.6 is 11.8 Å². The van der Waals surface area contributed by atoms with Crippen LogP contribution < -0.4 is 0 Å². The van der Waals surface area contributed by atoms with E-state index in [1.54, 1.807) is 11.8 Å². The Morgan fingerprint density at radius 2 is 1.81 bits per heavy atom. The van der Waals surface area contributed by atoms with Crippen molar-refractivity contribution in [1.82, 2.24) is 0 Å². The molecular formula is C14H16OS. The standard InChI is InChI=1S/C14H16OS/c15-13-11-8-4-5-9-12(11)14(13)16-10-6-2-1-3-7-10/h1-3,6-7,11-12,14H,4-5,8-9H2. The first-order chi connectivity index (χ1) is 7.86. The third kappa shape index (κ3) is 1.69. The van der Waals surface area contributed by atoms with Crippen molar-refractivity contribution in [3.05, 3.63) is 30.3 Å². The topological polar surface area (TPSA) is 17.1 Å². The molecule has 0 aliphatic heterocycles. The molecular weight excluding hydrogens is 216 g/mol. The van der Waals surface area contributed by atoms with Gasteiger partial charge >= 0.3 is 0 Å². The summed E-state index contributed by atoms with van der Waals surface area (Å²) in [7, 11) is 0.